The highest BCUT2D eigenvalue weighted by atomic mass is 79.9. The van der Waals surface area contributed by atoms with Gasteiger partial charge in [0.2, 0.25) is 0 Å². The number of nitrogens with zero attached hydrogens (tertiary/aromatic N) is 1. The number of benzene rings is 1. The van der Waals surface area contributed by atoms with Crippen LogP contribution in [0.15, 0.2) is 22.7 Å². The van der Waals surface area contributed by atoms with Crippen LogP contribution in [0, 0.1) is 5.82 Å². The highest BCUT2D eigenvalue weighted by Crippen LogP contribution is 2.22. The van der Waals surface area contributed by atoms with Gasteiger partial charge in [0, 0.05) is 24.5 Å². The van der Waals surface area contributed by atoms with Gasteiger partial charge in [-0.3, -0.25) is 4.90 Å². The molecular formula is C12H16Br2FN. The molecule has 0 spiro atoms. The van der Waals surface area contributed by atoms with Crippen molar-refractivity contribution in [2.45, 2.75) is 26.4 Å². The van der Waals surface area contributed by atoms with E-state index in [0.717, 1.165) is 24.0 Å². The molecule has 1 aromatic rings. The van der Waals surface area contributed by atoms with E-state index in [1.165, 1.54) is 6.07 Å². The van der Waals surface area contributed by atoms with Gasteiger partial charge in [0.1, 0.15) is 5.82 Å². The van der Waals surface area contributed by atoms with Crippen LogP contribution in [-0.4, -0.2) is 22.8 Å². The molecule has 1 aromatic carbocycles. The monoisotopic (exact) mass is 351 g/mol. The average Bonchev–Trinajstić information content (AvgIpc) is 2.23. The first-order chi connectivity index (χ1) is 7.56. The first-order valence-corrected chi connectivity index (χ1v) is 7.20. The Morgan fingerprint density at radius 2 is 2.06 bits per heavy atom. The molecular weight excluding hydrogens is 337 g/mol. The molecule has 0 heterocycles. The lowest BCUT2D eigenvalue weighted by molar-refractivity contribution is 0.227. The SMILES string of the molecule is CC(C)N(CCBr)Cc1cccc(F)c1Br. The summed E-state index contributed by atoms with van der Waals surface area (Å²) in [6.45, 7) is 6.02. The van der Waals surface area contributed by atoms with Gasteiger partial charge in [-0.25, -0.2) is 4.39 Å². The van der Waals surface area contributed by atoms with Crippen molar-refractivity contribution in [3.8, 4) is 0 Å². The predicted molar refractivity (Wildman–Crippen MR) is 73.4 cm³/mol. The van der Waals surface area contributed by atoms with E-state index < -0.39 is 0 Å². The van der Waals surface area contributed by atoms with Crippen molar-refractivity contribution in [2.75, 3.05) is 11.9 Å². The third-order valence-corrected chi connectivity index (χ3v) is 3.75. The van der Waals surface area contributed by atoms with Gasteiger partial charge < -0.3 is 0 Å². The molecule has 0 amide bonds. The first-order valence-electron chi connectivity index (χ1n) is 5.29. The second-order valence-electron chi connectivity index (χ2n) is 3.97. The lowest BCUT2D eigenvalue weighted by atomic mass is 10.2. The largest absolute Gasteiger partial charge is 0.296 e. The van der Waals surface area contributed by atoms with Gasteiger partial charge >= 0.3 is 0 Å². The molecule has 1 rings (SSSR count). The van der Waals surface area contributed by atoms with E-state index in [2.05, 4.69) is 50.6 Å². The molecule has 0 saturated carbocycles. The molecule has 0 aliphatic carbocycles. The van der Waals surface area contributed by atoms with Crippen LogP contribution in [0.1, 0.15) is 19.4 Å². The van der Waals surface area contributed by atoms with Crippen LogP contribution < -0.4 is 0 Å². The summed E-state index contributed by atoms with van der Waals surface area (Å²) in [5, 5.41) is 0.929. The Bertz CT molecular complexity index is 342. The topological polar surface area (TPSA) is 3.24 Å². The molecule has 16 heavy (non-hydrogen) atoms. The molecule has 0 aliphatic heterocycles. The Kier molecular flexibility index (Phi) is 5.94. The minimum absolute atomic E-state index is 0.194. The summed E-state index contributed by atoms with van der Waals surface area (Å²) in [5.41, 5.74) is 0.995. The van der Waals surface area contributed by atoms with Crippen molar-refractivity contribution < 1.29 is 4.39 Å². The summed E-state index contributed by atoms with van der Waals surface area (Å²) in [5.74, 6) is -0.194. The van der Waals surface area contributed by atoms with Crippen molar-refractivity contribution in [2.24, 2.45) is 0 Å². The standard InChI is InChI=1S/C12H16Br2FN/c1-9(2)16(7-6-13)8-10-4-3-5-11(15)12(10)14/h3-5,9H,6-8H2,1-2H3. The quantitative estimate of drug-likeness (QED) is 0.718. The molecule has 0 saturated heterocycles. The maximum absolute atomic E-state index is 13.3. The molecule has 0 fully saturated rings. The minimum atomic E-state index is -0.194. The summed E-state index contributed by atoms with van der Waals surface area (Å²) in [6.07, 6.45) is 0. The van der Waals surface area contributed by atoms with Gasteiger partial charge in [-0.05, 0) is 41.4 Å². The molecule has 0 bridgehead atoms. The van der Waals surface area contributed by atoms with Crippen LogP contribution in [0.3, 0.4) is 0 Å². The third kappa shape index (κ3) is 3.82. The Labute approximate surface area is 113 Å². The van der Waals surface area contributed by atoms with Crippen molar-refractivity contribution >= 4 is 31.9 Å². The zero-order chi connectivity index (χ0) is 12.1. The zero-order valence-electron chi connectivity index (χ0n) is 9.51. The van der Waals surface area contributed by atoms with Crippen molar-refractivity contribution in [1.29, 1.82) is 0 Å². The van der Waals surface area contributed by atoms with E-state index in [1.54, 1.807) is 6.07 Å². The molecule has 0 atom stereocenters. The number of halogens is 3. The molecule has 4 heteroatoms. The molecule has 0 unspecified atom stereocenters. The normalized spacial score (nSPS) is 11.4. The highest BCUT2D eigenvalue weighted by molar-refractivity contribution is 9.10. The van der Waals surface area contributed by atoms with Gasteiger partial charge in [-0.15, -0.1) is 0 Å². The molecule has 0 aromatic heterocycles. The highest BCUT2D eigenvalue weighted by Gasteiger charge is 2.12. The Balaban J connectivity index is 2.81. The first kappa shape index (κ1) is 14.1. The Morgan fingerprint density at radius 3 is 2.62 bits per heavy atom. The second kappa shape index (κ2) is 6.72. The Hall–Kier alpha value is 0.0700. The fourth-order valence-corrected chi connectivity index (χ4v) is 2.36. The van der Waals surface area contributed by atoms with Gasteiger partial charge in [-0.1, -0.05) is 28.1 Å². The van der Waals surface area contributed by atoms with Crippen LogP contribution in [0.4, 0.5) is 4.39 Å². The molecule has 0 N–H and O–H groups in total. The van der Waals surface area contributed by atoms with Crippen molar-refractivity contribution in [3.05, 3.63) is 34.1 Å². The maximum atomic E-state index is 13.3. The Morgan fingerprint density at radius 1 is 1.38 bits per heavy atom. The van der Waals surface area contributed by atoms with Gasteiger partial charge in [0.25, 0.3) is 0 Å². The predicted octanol–water partition coefficient (Wildman–Crippen LogP) is 4.19. The summed E-state index contributed by atoms with van der Waals surface area (Å²) in [7, 11) is 0. The fraction of sp³-hybridized carbons (Fsp3) is 0.500. The number of hydrogen-bond acceptors (Lipinski definition) is 1. The lowest BCUT2D eigenvalue weighted by Gasteiger charge is -2.26. The summed E-state index contributed by atoms with van der Waals surface area (Å²) in [6, 6.07) is 5.63. The van der Waals surface area contributed by atoms with E-state index in [1.807, 2.05) is 6.07 Å². The maximum Gasteiger partial charge on any atom is 0.137 e. The molecule has 1 nitrogen and oxygen atoms in total. The van der Waals surface area contributed by atoms with E-state index in [4.69, 9.17) is 0 Å². The van der Waals surface area contributed by atoms with E-state index in [9.17, 15) is 4.39 Å². The van der Waals surface area contributed by atoms with Gasteiger partial charge in [0.05, 0.1) is 4.47 Å². The van der Waals surface area contributed by atoms with Gasteiger partial charge in [0.15, 0.2) is 0 Å². The number of rotatable bonds is 5. The van der Waals surface area contributed by atoms with Gasteiger partial charge in [-0.2, -0.15) is 0 Å². The molecule has 90 valence electrons. The van der Waals surface area contributed by atoms with Crippen LogP contribution in [0.2, 0.25) is 0 Å². The molecule has 0 aliphatic rings. The van der Waals surface area contributed by atoms with Crippen LogP contribution in [-0.2, 0) is 6.54 Å². The summed E-state index contributed by atoms with van der Waals surface area (Å²) < 4.78 is 13.9. The summed E-state index contributed by atoms with van der Waals surface area (Å²) >= 11 is 6.73. The third-order valence-electron chi connectivity index (χ3n) is 2.51. The van der Waals surface area contributed by atoms with Crippen molar-refractivity contribution in [3.63, 3.8) is 0 Å². The fourth-order valence-electron chi connectivity index (χ4n) is 1.52. The minimum Gasteiger partial charge on any atom is -0.296 e. The van der Waals surface area contributed by atoms with Crippen LogP contribution >= 0.6 is 31.9 Å². The average molecular weight is 353 g/mol. The zero-order valence-corrected chi connectivity index (χ0v) is 12.7. The van der Waals surface area contributed by atoms with Crippen LogP contribution in [0.5, 0.6) is 0 Å². The van der Waals surface area contributed by atoms with E-state index >= 15 is 0 Å². The molecule has 0 radical (unpaired) electrons. The number of hydrogen-bond donors (Lipinski definition) is 0. The number of alkyl halides is 1. The van der Waals surface area contributed by atoms with E-state index in [0.29, 0.717) is 10.5 Å². The lowest BCUT2D eigenvalue weighted by Crippen LogP contribution is -2.32. The van der Waals surface area contributed by atoms with Crippen LogP contribution in [0.25, 0.3) is 0 Å². The van der Waals surface area contributed by atoms with E-state index in [-0.39, 0.29) is 5.82 Å². The second-order valence-corrected chi connectivity index (χ2v) is 5.55. The smallest absolute Gasteiger partial charge is 0.137 e. The van der Waals surface area contributed by atoms with Crippen molar-refractivity contribution in [1.82, 2.24) is 4.90 Å². The summed E-state index contributed by atoms with van der Waals surface area (Å²) in [4.78, 5) is 2.30.